The second-order valence-electron chi connectivity index (χ2n) is 3.66. The zero-order valence-electron chi connectivity index (χ0n) is 9.28. The van der Waals surface area contributed by atoms with E-state index < -0.39 is 0 Å². The molecule has 15 heavy (non-hydrogen) atoms. The molecule has 0 aromatic heterocycles. The molecule has 0 bridgehead atoms. The summed E-state index contributed by atoms with van der Waals surface area (Å²) in [6.45, 7) is 2.77. The second-order valence-corrected chi connectivity index (χ2v) is 3.66. The molecule has 0 radical (unpaired) electrons. The van der Waals surface area contributed by atoms with Gasteiger partial charge in [-0.25, -0.2) is 0 Å². The number of terminal acetylenes is 1. The van der Waals surface area contributed by atoms with E-state index in [4.69, 9.17) is 11.2 Å². The lowest BCUT2D eigenvalue weighted by Crippen LogP contribution is -2.10. The van der Waals surface area contributed by atoms with Gasteiger partial charge in [0.2, 0.25) is 0 Å². The van der Waals surface area contributed by atoms with Gasteiger partial charge in [0, 0.05) is 6.42 Å². The fourth-order valence-corrected chi connectivity index (χ4v) is 1.42. The minimum absolute atomic E-state index is 0.290. The fraction of sp³-hybridized carbons (Fsp3) is 0.429. The Labute approximate surface area is 92.5 Å². The summed E-state index contributed by atoms with van der Waals surface area (Å²) in [6, 6.07) is 10.5. The molecule has 1 nitrogen and oxygen atoms in total. The molecule has 0 saturated carbocycles. The molecule has 1 aromatic rings. The van der Waals surface area contributed by atoms with Crippen LogP contribution in [-0.4, -0.2) is 12.7 Å². The van der Waals surface area contributed by atoms with Gasteiger partial charge in [0.25, 0.3) is 0 Å². The number of ether oxygens (including phenoxy) is 1. The number of rotatable bonds is 6. The van der Waals surface area contributed by atoms with Gasteiger partial charge in [-0.05, 0) is 25.3 Å². The normalized spacial score (nSPS) is 12.0. The van der Waals surface area contributed by atoms with Crippen LogP contribution >= 0.6 is 0 Å². The Morgan fingerprint density at radius 2 is 2.07 bits per heavy atom. The SMILES string of the molecule is C#CCCOC(C)CCc1ccccc1. The fourth-order valence-electron chi connectivity index (χ4n) is 1.42. The number of benzene rings is 1. The maximum Gasteiger partial charge on any atom is 0.0579 e. The summed E-state index contributed by atoms with van der Waals surface area (Å²) >= 11 is 0. The highest BCUT2D eigenvalue weighted by Crippen LogP contribution is 2.07. The highest BCUT2D eigenvalue weighted by molar-refractivity contribution is 5.14. The molecule has 1 unspecified atom stereocenters. The van der Waals surface area contributed by atoms with Gasteiger partial charge < -0.3 is 4.74 Å². The van der Waals surface area contributed by atoms with Crippen LogP contribution in [0.1, 0.15) is 25.3 Å². The molecule has 0 spiro atoms. The lowest BCUT2D eigenvalue weighted by molar-refractivity contribution is 0.0648. The summed E-state index contributed by atoms with van der Waals surface area (Å²) in [5, 5.41) is 0. The van der Waals surface area contributed by atoms with Crippen LogP contribution in [0.15, 0.2) is 30.3 Å². The standard InChI is InChI=1S/C14H18O/c1-3-4-12-15-13(2)10-11-14-8-6-5-7-9-14/h1,5-9,13H,4,10-12H2,2H3. The zero-order chi connectivity index (χ0) is 10.9. The molecule has 0 N–H and O–H groups in total. The van der Waals surface area contributed by atoms with E-state index >= 15 is 0 Å². The molecule has 0 aliphatic heterocycles. The maximum absolute atomic E-state index is 5.56. The van der Waals surface area contributed by atoms with E-state index in [1.807, 2.05) is 6.07 Å². The summed E-state index contributed by atoms with van der Waals surface area (Å²) in [4.78, 5) is 0. The first-order valence-electron chi connectivity index (χ1n) is 5.42. The van der Waals surface area contributed by atoms with Gasteiger partial charge in [-0.3, -0.25) is 0 Å². The van der Waals surface area contributed by atoms with Crippen LogP contribution in [0.5, 0.6) is 0 Å². The van der Waals surface area contributed by atoms with E-state index in [0.717, 1.165) is 12.8 Å². The highest BCUT2D eigenvalue weighted by Gasteiger charge is 2.01. The van der Waals surface area contributed by atoms with Crippen molar-refractivity contribution in [2.45, 2.75) is 32.3 Å². The molecule has 0 saturated heterocycles. The quantitative estimate of drug-likeness (QED) is 0.509. The summed E-state index contributed by atoms with van der Waals surface area (Å²) in [5.74, 6) is 2.57. The largest absolute Gasteiger partial charge is 0.378 e. The lowest BCUT2D eigenvalue weighted by atomic mass is 10.1. The Bertz CT molecular complexity index is 297. The maximum atomic E-state index is 5.56. The Morgan fingerprint density at radius 3 is 2.73 bits per heavy atom. The molecule has 0 heterocycles. The second kappa shape index (κ2) is 7.09. The highest BCUT2D eigenvalue weighted by atomic mass is 16.5. The Morgan fingerprint density at radius 1 is 1.33 bits per heavy atom. The van der Waals surface area contributed by atoms with Crippen LogP contribution < -0.4 is 0 Å². The molecule has 0 amide bonds. The van der Waals surface area contributed by atoms with E-state index in [1.165, 1.54) is 5.56 Å². The van der Waals surface area contributed by atoms with Crippen molar-refractivity contribution in [3.05, 3.63) is 35.9 Å². The number of aryl methyl sites for hydroxylation is 1. The van der Waals surface area contributed by atoms with E-state index in [-0.39, 0.29) is 0 Å². The van der Waals surface area contributed by atoms with Gasteiger partial charge in [0.15, 0.2) is 0 Å². The molecule has 80 valence electrons. The van der Waals surface area contributed by atoms with Gasteiger partial charge in [0.05, 0.1) is 12.7 Å². The first-order valence-corrected chi connectivity index (χ1v) is 5.42. The average Bonchev–Trinajstić information content (AvgIpc) is 2.28. The van der Waals surface area contributed by atoms with Gasteiger partial charge >= 0.3 is 0 Å². The molecule has 0 aliphatic carbocycles. The van der Waals surface area contributed by atoms with Crippen LogP contribution in [0, 0.1) is 12.3 Å². The first kappa shape index (κ1) is 11.8. The average molecular weight is 202 g/mol. The molecular formula is C14H18O. The van der Waals surface area contributed by atoms with E-state index in [9.17, 15) is 0 Å². The van der Waals surface area contributed by atoms with Crippen molar-refractivity contribution in [1.82, 2.24) is 0 Å². The van der Waals surface area contributed by atoms with Crippen LogP contribution in [-0.2, 0) is 11.2 Å². The van der Waals surface area contributed by atoms with Crippen molar-refractivity contribution < 1.29 is 4.74 Å². The van der Waals surface area contributed by atoms with Gasteiger partial charge in [-0.1, -0.05) is 30.3 Å². The molecule has 1 rings (SSSR count). The van der Waals surface area contributed by atoms with Gasteiger partial charge in [0.1, 0.15) is 0 Å². The van der Waals surface area contributed by atoms with Crippen LogP contribution in [0.4, 0.5) is 0 Å². The zero-order valence-corrected chi connectivity index (χ0v) is 9.28. The van der Waals surface area contributed by atoms with Crippen molar-refractivity contribution in [2.24, 2.45) is 0 Å². The minimum Gasteiger partial charge on any atom is -0.378 e. The van der Waals surface area contributed by atoms with Crippen LogP contribution in [0.3, 0.4) is 0 Å². The Hall–Kier alpha value is -1.26. The minimum atomic E-state index is 0.290. The summed E-state index contributed by atoms with van der Waals surface area (Å²) in [5.41, 5.74) is 1.37. The lowest BCUT2D eigenvalue weighted by Gasteiger charge is -2.11. The van der Waals surface area contributed by atoms with Crippen LogP contribution in [0.25, 0.3) is 0 Å². The molecule has 1 heteroatoms. The topological polar surface area (TPSA) is 9.23 Å². The van der Waals surface area contributed by atoms with E-state index in [2.05, 4.69) is 37.1 Å². The third kappa shape index (κ3) is 5.24. The number of hydrogen-bond donors (Lipinski definition) is 0. The molecule has 0 fully saturated rings. The first-order chi connectivity index (χ1) is 7.33. The van der Waals surface area contributed by atoms with Crippen molar-refractivity contribution in [3.63, 3.8) is 0 Å². The molecular weight excluding hydrogens is 184 g/mol. The van der Waals surface area contributed by atoms with Crippen LogP contribution in [0.2, 0.25) is 0 Å². The van der Waals surface area contributed by atoms with E-state index in [0.29, 0.717) is 19.1 Å². The van der Waals surface area contributed by atoms with E-state index in [1.54, 1.807) is 0 Å². The Kier molecular flexibility index (Phi) is 5.58. The van der Waals surface area contributed by atoms with Gasteiger partial charge in [-0.15, -0.1) is 12.3 Å². The third-order valence-electron chi connectivity index (χ3n) is 2.33. The van der Waals surface area contributed by atoms with Gasteiger partial charge in [-0.2, -0.15) is 0 Å². The van der Waals surface area contributed by atoms with Crippen molar-refractivity contribution in [3.8, 4) is 12.3 Å². The summed E-state index contributed by atoms with van der Waals surface area (Å²) < 4.78 is 5.56. The third-order valence-corrected chi connectivity index (χ3v) is 2.33. The number of hydrogen-bond acceptors (Lipinski definition) is 1. The van der Waals surface area contributed by atoms with Crippen molar-refractivity contribution in [1.29, 1.82) is 0 Å². The Balaban J connectivity index is 2.17. The monoisotopic (exact) mass is 202 g/mol. The summed E-state index contributed by atoms with van der Waals surface area (Å²) in [7, 11) is 0. The smallest absolute Gasteiger partial charge is 0.0579 e. The summed E-state index contributed by atoms with van der Waals surface area (Å²) in [6.07, 6.45) is 8.26. The molecule has 0 aliphatic rings. The van der Waals surface area contributed by atoms with Crippen molar-refractivity contribution in [2.75, 3.05) is 6.61 Å². The van der Waals surface area contributed by atoms with Crippen molar-refractivity contribution >= 4 is 0 Å². The predicted molar refractivity (Wildman–Crippen MR) is 63.6 cm³/mol. The predicted octanol–water partition coefficient (Wildman–Crippen LogP) is 3.05. The molecule has 1 atom stereocenters. The molecule has 1 aromatic carbocycles.